The summed E-state index contributed by atoms with van der Waals surface area (Å²) in [5, 5.41) is 15.0. The summed E-state index contributed by atoms with van der Waals surface area (Å²) in [5.74, 6) is 0. The van der Waals surface area contributed by atoms with Crippen LogP contribution in [0.25, 0.3) is 0 Å². The van der Waals surface area contributed by atoms with Gasteiger partial charge in [0.15, 0.2) is 0 Å². The molecule has 124 valence electrons. The molecule has 23 heavy (non-hydrogen) atoms. The van der Waals surface area contributed by atoms with Crippen molar-refractivity contribution in [1.29, 1.82) is 5.26 Å². The molecule has 0 heterocycles. The van der Waals surface area contributed by atoms with Gasteiger partial charge in [0.1, 0.15) is 6.07 Å². The molecule has 0 aliphatic carbocycles. The van der Waals surface area contributed by atoms with E-state index >= 15 is 0 Å². The van der Waals surface area contributed by atoms with Gasteiger partial charge >= 0.3 is 13.7 Å². The van der Waals surface area contributed by atoms with Gasteiger partial charge in [0.25, 0.3) is 5.45 Å². The van der Waals surface area contributed by atoms with Gasteiger partial charge in [0, 0.05) is 10.7 Å². The predicted molar refractivity (Wildman–Crippen MR) is 85.5 cm³/mol. The van der Waals surface area contributed by atoms with Crippen molar-refractivity contribution in [3.63, 3.8) is 0 Å². The van der Waals surface area contributed by atoms with E-state index in [2.05, 4.69) is 15.3 Å². The Morgan fingerprint density at radius 3 is 2.57 bits per heavy atom. The van der Waals surface area contributed by atoms with Crippen molar-refractivity contribution in [3.8, 4) is 6.07 Å². The summed E-state index contributed by atoms with van der Waals surface area (Å²) >= 11 is 5.77. The highest BCUT2D eigenvalue weighted by atomic mass is 35.5. The number of carbonyl (C=O) groups excluding carboxylic acids is 1. The first-order valence-corrected chi connectivity index (χ1v) is 8.48. The Kier molecular flexibility index (Phi) is 7.72. The van der Waals surface area contributed by atoms with E-state index in [9.17, 15) is 9.36 Å². The fraction of sp³-hybridized carbons (Fsp3) is 0.308. The third-order valence-electron chi connectivity index (χ3n) is 2.24. The van der Waals surface area contributed by atoms with Crippen molar-refractivity contribution < 1.29 is 23.2 Å². The van der Waals surface area contributed by atoms with Gasteiger partial charge in [0.05, 0.1) is 13.2 Å². The lowest BCUT2D eigenvalue weighted by atomic mass is 10.3. The highest BCUT2D eigenvalue weighted by Gasteiger charge is 2.33. The molecule has 0 aliphatic heterocycles. The van der Waals surface area contributed by atoms with Crippen molar-refractivity contribution >= 4 is 36.4 Å². The lowest BCUT2D eigenvalue weighted by molar-refractivity contribution is 0.166. The Hall–Kier alpha value is -1.91. The van der Waals surface area contributed by atoms with Gasteiger partial charge < -0.3 is 9.05 Å². The molecule has 10 heteroatoms. The highest BCUT2D eigenvalue weighted by molar-refractivity contribution is 7.73. The van der Waals surface area contributed by atoms with Crippen molar-refractivity contribution in [2.24, 2.45) is 5.16 Å². The maximum atomic E-state index is 12.3. The maximum absolute atomic E-state index is 12.3. The molecule has 1 amide bonds. The first-order chi connectivity index (χ1) is 10.9. The summed E-state index contributed by atoms with van der Waals surface area (Å²) in [7, 11) is -3.91. The number of hydrogen-bond donors (Lipinski definition) is 1. The molecule has 1 aromatic rings. The molecule has 0 saturated heterocycles. The molecule has 0 unspecified atom stereocenters. The molecule has 1 N–H and O–H groups in total. The van der Waals surface area contributed by atoms with Gasteiger partial charge in [-0.1, -0.05) is 22.8 Å². The van der Waals surface area contributed by atoms with Gasteiger partial charge in [-0.25, -0.2) is 4.79 Å². The number of benzene rings is 1. The van der Waals surface area contributed by atoms with Crippen LogP contribution in [0.4, 0.5) is 10.5 Å². The Morgan fingerprint density at radius 2 is 2.04 bits per heavy atom. The summed E-state index contributed by atoms with van der Waals surface area (Å²) < 4.78 is 22.2. The minimum absolute atomic E-state index is 0.0344. The molecule has 0 saturated carbocycles. The Morgan fingerprint density at radius 1 is 1.39 bits per heavy atom. The third kappa shape index (κ3) is 6.00. The Balaban J connectivity index is 2.81. The zero-order valence-corrected chi connectivity index (χ0v) is 14.1. The highest BCUT2D eigenvalue weighted by Crippen LogP contribution is 2.49. The van der Waals surface area contributed by atoms with Gasteiger partial charge in [-0.2, -0.15) is 5.26 Å². The lowest BCUT2D eigenvalue weighted by Gasteiger charge is -2.13. The summed E-state index contributed by atoms with van der Waals surface area (Å²) in [6.45, 7) is 3.22. The largest absolute Gasteiger partial charge is 0.437 e. The standard InChI is InChI=1S/C13H15ClN3O5P/c1-3-20-23(19,21-4-2)12(9-15)17-22-13(18)16-11-7-5-6-10(14)8-11/h5-8H,3-4H2,1-2H3,(H,16,18). The Bertz CT molecular complexity index is 664. The van der Waals surface area contributed by atoms with Gasteiger partial charge in [0.2, 0.25) is 0 Å². The number of carbonyl (C=O) groups is 1. The summed E-state index contributed by atoms with van der Waals surface area (Å²) in [4.78, 5) is 16.1. The third-order valence-corrected chi connectivity index (χ3v) is 4.38. The molecule has 0 aliphatic rings. The molecule has 0 fully saturated rings. The van der Waals surface area contributed by atoms with E-state index < -0.39 is 19.1 Å². The van der Waals surface area contributed by atoms with Crippen LogP contribution in [0.5, 0.6) is 0 Å². The van der Waals surface area contributed by atoms with E-state index in [0.29, 0.717) is 10.7 Å². The van der Waals surface area contributed by atoms with Crippen LogP contribution in [0.15, 0.2) is 29.4 Å². The lowest BCUT2D eigenvalue weighted by Crippen LogP contribution is -2.13. The molecule has 0 spiro atoms. The van der Waals surface area contributed by atoms with Crippen LogP contribution in [0.1, 0.15) is 13.8 Å². The fourth-order valence-electron chi connectivity index (χ4n) is 1.42. The number of rotatable bonds is 7. The average molecular weight is 360 g/mol. The quantitative estimate of drug-likeness (QED) is 0.341. The number of anilines is 1. The normalized spacial score (nSPS) is 11.7. The second-order valence-electron chi connectivity index (χ2n) is 3.87. The van der Waals surface area contributed by atoms with Crippen molar-refractivity contribution in [2.75, 3.05) is 18.5 Å². The molecule has 0 radical (unpaired) electrons. The van der Waals surface area contributed by atoms with Crippen molar-refractivity contribution in [3.05, 3.63) is 29.3 Å². The second kappa shape index (κ2) is 9.28. The van der Waals surface area contributed by atoms with Crippen LogP contribution >= 0.6 is 19.2 Å². The minimum atomic E-state index is -3.91. The summed E-state index contributed by atoms with van der Waals surface area (Å²) in [6, 6.07) is 7.87. The molecule has 0 bridgehead atoms. The van der Waals surface area contributed by atoms with Crippen molar-refractivity contribution in [2.45, 2.75) is 13.8 Å². The number of oxime groups is 1. The number of nitrogens with zero attached hydrogens (tertiary/aromatic N) is 2. The van der Waals surface area contributed by atoms with E-state index in [4.69, 9.17) is 25.9 Å². The molecular formula is C13H15ClN3O5P. The van der Waals surface area contributed by atoms with Crippen LogP contribution in [-0.2, 0) is 18.5 Å². The molecule has 8 nitrogen and oxygen atoms in total. The van der Waals surface area contributed by atoms with Gasteiger partial charge in [-0.15, -0.1) is 0 Å². The van der Waals surface area contributed by atoms with Gasteiger partial charge in [-0.05, 0) is 32.0 Å². The molecule has 0 atom stereocenters. The smallest absolute Gasteiger partial charge is 0.304 e. The number of hydrogen-bond acceptors (Lipinski definition) is 7. The molecular weight excluding hydrogens is 345 g/mol. The number of nitrogens with one attached hydrogen (secondary N) is 1. The number of halogens is 1. The van der Waals surface area contributed by atoms with E-state index in [1.54, 1.807) is 38.1 Å². The van der Waals surface area contributed by atoms with Gasteiger partial charge in [-0.3, -0.25) is 14.7 Å². The average Bonchev–Trinajstić information content (AvgIpc) is 2.48. The molecule has 0 aromatic heterocycles. The minimum Gasteiger partial charge on any atom is -0.304 e. The van der Waals surface area contributed by atoms with Crippen LogP contribution < -0.4 is 5.32 Å². The monoisotopic (exact) mass is 359 g/mol. The number of nitriles is 1. The first kappa shape index (κ1) is 19.1. The number of amides is 1. The van der Waals surface area contributed by atoms with Crippen LogP contribution in [0.2, 0.25) is 5.02 Å². The first-order valence-electron chi connectivity index (χ1n) is 6.56. The zero-order chi connectivity index (χ0) is 17.3. The molecule has 1 aromatic carbocycles. The summed E-state index contributed by atoms with van der Waals surface area (Å²) in [5.41, 5.74) is -0.281. The van der Waals surface area contributed by atoms with E-state index in [1.165, 1.54) is 6.07 Å². The van der Waals surface area contributed by atoms with E-state index in [0.717, 1.165) is 0 Å². The van der Waals surface area contributed by atoms with E-state index in [-0.39, 0.29) is 13.2 Å². The van der Waals surface area contributed by atoms with Crippen LogP contribution in [0.3, 0.4) is 0 Å². The topological polar surface area (TPSA) is 110 Å². The van der Waals surface area contributed by atoms with Crippen LogP contribution in [0, 0.1) is 11.3 Å². The Labute approximate surface area is 138 Å². The SMILES string of the molecule is CCOP(=O)(OCC)C(C#N)=NOC(=O)Nc1cccc(Cl)c1. The van der Waals surface area contributed by atoms with E-state index in [1.807, 2.05) is 0 Å². The fourth-order valence-corrected chi connectivity index (χ4v) is 2.88. The predicted octanol–water partition coefficient (Wildman–Crippen LogP) is 3.99. The molecule has 1 rings (SSSR count). The van der Waals surface area contributed by atoms with Crippen LogP contribution in [-0.4, -0.2) is 24.8 Å². The second-order valence-corrected chi connectivity index (χ2v) is 6.25. The van der Waals surface area contributed by atoms with Crippen molar-refractivity contribution in [1.82, 2.24) is 0 Å². The summed E-state index contributed by atoms with van der Waals surface area (Å²) in [6.07, 6.45) is -0.987. The zero-order valence-electron chi connectivity index (χ0n) is 12.5. The maximum Gasteiger partial charge on any atom is 0.437 e.